The number of benzene rings is 1. The molecule has 0 amide bonds. The summed E-state index contributed by atoms with van der Waals surface area (Å²) in [5.74, 6) is -0.218. The molecular weight excluding hydrogens is 212 g/mol. The van der Waals surface area contributed by atoms with E-state index in [0.717, 1.165) is 30.7 Å². The predicted octanol–water partition coefficient (Wildman–Crippen LogP) is 2.34. The second-order valence-electron chi connectivity index (χ2n) is 4.07. The fourth-order valence-electron chi connectivity index (χ4n) is 1.45. The minimum atomic E-state index is -0.524. The molecule has 1 aliphatic carbocycles. The Labute approximate surface area is 93.6 Å². The van der Waals surface area contributed by atoms with Gasteiger partial charge in [-0.25, -0.2) is 8.78 Å². The maximum absolute atomic E-state index is 13.1. The van der Waals surface area contributed by atoms with E-state index in [4.69, 9.17) is 4.74 Å². The third-order valence-corrected chi connectivity index (χ3v) is 2.56. The van der Waals surface area contributed by atoms with E-state index in [1.807, 2.05) is 0 Å². The van der Waals surface area contributed by atoms with Crippen LogP contribution in [0.3, 0.4) is 0 Å². The van der Waals surface area contributed by atoms with Crippen LogP contribution in [0.15, 0.2) is 18.2 Å². The van der Waals surface area contributed by atoms with E-state index >= 15 is 0 Å². The fraction of sp³-hybridized carbons (Fsp3) is 0.500. The molecule has 0 spiro atoms. The zero-order valence-corrected chi connectivity index (χ0v) is 9.01. The summed E-state index contributed by atoms with van der Waals surface area (Å²) in [6, 6.07) is 3.21. The quantitative estimate of drug-likeness (QED) is 0.753. The van der Waals surface area contributed by atoms with Crippen molar-refractivity contribution in [1.29, 1.82) is 0 Å². The van der Waals surface area contributed by atoms with Crippen LogP contribution in [0, 0.1) is 17.6 Å². The predicted molar refractivity (Wildman–Crippen MR) is 57.4 cm³/mol. The highest BCUT2D eigenvalue weighted by Crippen LogP contribution is 2.27. The molecule has 0 unspecified atom stereocenters. The highest BCUT2D eigenvalue weighted by molar-refractivity contribution is 5.24. The molecule has 1 fully saturated rings. The zero-order valence-electron chi connectivity index (χ0n) is 9.01. The van der Waals surface area contributed by atoms with Crippen molar-refractivity contribution in [2.24, 2.45) is 5.92 Å². The SMILES string of the molecule is Fc1ccc(F)c(OCCNCC2CC2)c1. The van der Waals surface area contributed by atoms with Gasteiger partial charge in [0.2, 0.25) is 0 Å². The van der Waals surface area contributed by atoms with Crippen molar-refractivity contribution < 1.29 is 13.5 Å². The standard InChI is InChI=1S/C12H15F2NO/c13-10-3-4-11(14)12(7-10)16-6-5-15-8-9-1-2-9/h3-4,7,9,15H,1-2,5-6,8H2. The van der Waals surface area contributed by atoms with Crippen molar-refractivity contribution >= 4 is 0 Å². The van der Waals surface area contributed by atoms with Gasteiger partial charge in [0.15, 0.2) is 11.6 Å². The third-order valence-electron chi connectivity index (χ3n) is 2.56. The summed E-state index contributed by atoms with van der Waals surface area (Å²) < 4.78 is 31.0. The van der Waals surface area contributed by atoms with Crippen LogP contribution in [0.1, 0.15) is 12.8 Å². The third kappa shape index (κ3) is 3.45. The van der Waals surface area contributed by atoms with Crippen molar-refractivity contribution in [2.45, 2.75) is 12.8 Å². The van der Waals surface area contributed by atoms with E-state index in [1.54, 1.807) is 0 Å². The molecule has 0 saturated heterocycles. The Hall–Kier alpha value is -1.16. The van der Waals surface area contributed by atoms with Crippen LogP contribution in [-0.4, -0.2) is 19.7 Å². The molecule has 1 aromatic carbocycles. The summed E-state index contributed by atoms with van der Waals surface area (Å²) in [7, 11) is 0. The van der Waals surface area contributed by atoms with Gasteiger partial charge in [0.25, 0.3) is 0 Å². The van der Waals surface area contributed by atoms with E-state index in [2.05, 4.69) is 5.32 Å². The lowest BCUT2D eigenvalue weighted by Gasteiger charge is -2.07. The molecule has 2 rings (SSSR count). The van der Waals surface area contributed by atoms with E-state index in [1.165, 1.54) is 12.8 Å². The number of hydrogen-bond donors (Lipinski definition) is 1. The molecule has 0 aromatic heterocycles. The molecular formula is C12H15F2NO. The summed E-state index contributed by atoms with van der Waals surface area (Å²) >= 11 is 0. The average molecular weight is 227 g/mol. The van der Waals surface area contributed by atoms with Crippen LogP contribution in [0.25, 0.3) is 0 Å². The van der Waals surface area contributed by atoms with Crippen molar-refractivity contribution in [3.8, 4) is 5.75 Å². The second kappa shape index (κ2) is 5.25. The lowest BCUT2D eigenvalue weighted by molar-refractivity contribution is 0.296. The van der Waals surface area contributed by atoms with Crippen LogP contribution in [0.5, 0.6) is 5.75 Å². The van der Waals surface area contributed by atoms with Gasteiger partial charge in [-0.15, -0.1) is 0 Å². The normalized spacial score (nSPS) is 15.1. The first-order valence-corrected chi connectivity index (χ1v) is 5.54. The molecule has 1 saturated carbocycles. The minimum Gasteiger partial charge on any atom is -0.489 e. The van der Waals surface area contributed by atoms with E-state index in [-0.39, 0.29) is 5.75 Å². The zero-order chi connectivity index (χ0) is 11.4. The molecule has 0 bridgehead atoms. The van der Waals surface area contributed by atoms with Crippen LogP contribution in [0.2, 0.25) is 0 Å². The Morgan fingerprint density at radius 1 is 1.31 bits per heavy atom. The van der Waals surface area contributed by atoms with Crippen molar-refractivity contribution in [2.75, 3.05) is 19.7 Å². The van der Waals surface area contributed by atoms with Crippen LogP contribution in [-0.2, 0) is 0 Å². The second-order valence-corrected chi connectivity index (χ2v) is 4.07. The number of nitrogens with one attached hydrogen (secondary N) is 1. The number of hydrogen-bond acceptors (Lipinski definition) is 2. The lowest BCUT2D eigenvalue weighted by Crippen LogP contribution is -2.23. The average Bonchev–Trinajstić information content (AvgIpc) is 3.06. The van der Waals surface area contributed by atoms with Crippen LogP contribution in [0.4, 0.5) is 8.78 Å². The van der Waals surface area contributed by atoms with Gasteiger partial charge in [0.05, 0.1) is 0 Å². The smallest absolute Gasteiger partial charge is 0.165 e. The lowest BCUT2D eigenvalue weighted by atomic mass is 10.3. The van der Waals surface area contributed by atoms with Crippen molar-refractivity contribution in [3.63, 3.8) is 0 Å². The summed E-state index contributed by atoms with van der Waals surface area (Å²) in [6.07, 6.45) is 2.60. The highest BCUT2D eigenvalue weighted by Gasteiger charge is 2.19. The number of ether oxygens (including phenoxy) is 1. The summed E-state index contributed by atoms with van der Waals surface area (Å²) in [5, 5.41) is 3.21. The molecule has 1 aliphatic rings. The van der Waals surface area contributed by atoms with E-state index < -0.39 is 11.6 Å². The molecule has 16 heavy (non-hydrogen) atoms. The van der Waals surface area contributed by atoms with Gasteiger partial charge in [-0.05, 0) is 37.4 Å². The van der Waals surface area contributed by atoms with Crippen LogP contribution >= 0.6 is 0 Å². The molecule has 0 heterocycles. The van der Waals surface area contributed by atoms with Gasteiger partial charge in [0, 0.05) is 12.6 Å². The van der Waals surface area contributed by atoms with Crippen molar-refractivity contribution in [1.82, 2.24) is 5.32 Å². The molecule has 88 valence electrons. The Bertz CT molecular complexity index is 353. The Morgan fingerprint density at radius 2 is 2.12 bits per heavy atom. The van der Waals surface area contributed by atoms with E-state index in [9.17, 15) is 8.78 Å². The largest absolute Gasteiger partial charge is 0.489 e. The molecule has 4 heteroatoms. The number of halogens is 2. The first kappa shape index (κ1) is 11.3. The highest BCUT2D eigenvalue weighted by atomic mass is 19.1. The van der Waals surface area contributed by atoms with Gasteiger partial charge in [-0.1, -0.05) is 0 Å². The van der Waals surface area contributed by atoms with Gasteiger partial charge >= 0.3 is 0 Å². The summed E-state index contributed by atoms with van der Waals surface area (Å²) in [4.78, 5) is 0. The maximum atomic E-state index is 13.1. The van der Waals surface area contributed by atoms with Crippen molar-refractivity contribution in [3.05, 3.63) is 29.8 Å². The first-order valence-electron chi connectivity index (χ1n) is 5.54. The molecule has 0 radical (unpaired) electrons. The minimum absolute atomic E-state index is 0.0202. The van der Waals surface area contributed by atoms with Gasteiger partial charge < -0.3 is 10.1 Å². The molecule has 1 N–H and O–H groups in total. The van der Waals surface area contributed by atoms with Crippen LogP contribution < -0.4 is 10.1 Å². The topological polar surface area (TPSA) is 21.3 Å². The fourth-order valence-corrected chi connectivity index (χ4v) is 1.45. The molecule has 0 atom stereocenters. The maximum Gasteiger partial charge on any atom is 0.165 e. The molecule has 0 aliphatic heterocycles. The monoisotopic (exact) mass is 227 g/mol. The van der Waals surface area contributed by atoms with Gasteiger partial charge in [-0.2, -0.15) is 0 Å². The molecule has 1 aromatic rings. The Balaban J connectivity index is 1.69. The summed E-state index contributed by atoms with van der Waals surface area (Å²) in [5.41, 5.74) is 0. The van der Waals surface area contributed by atoms with E-state index in [0.29, 0.717) is 13.2 Å². The van der Waals surface area contributed by atoms with Gasteiger partial charge in [0.1, 0.15) is 12.4 Å². The number of rotatable bonds is 6. The molecule has 2 nitrogen and oxygen atoms in total. The Kier molecular flexibility index (Phi) is 3.72. The Morgan fingerprint density at radius 3 is 2.88 bits per heavy atom. The summed E-state index contributed by atoms with van der Waals surface area (Å²) in [6.45, 7) is 2.01. The van der Waals surface area contributed by atoms with Gasteiger partial charge in [-0.3, -0.25) is 0 Å². The first-order chi connectivity index (χ1) is 7.75.